The Morgan fingerprint density at radius 1 is 1.39 bits per heavy atom. The Balaban J connectivity index is 2.56. The Bertz CT molecular complexity index is 837. The van der Waals surface area contributed by atoms with Crippen molar-refractivity contribution in [3.8, 4) is 11.5 Å². The third kappa shape index (κ3) is 4.54. The van der Waals surface area contributed by atoms with E-state index in [0.29, 0.717) is 35.0 Å². The van der Waals surface area contributed by atoms with Crippen LogP contribution in [0.5, 0.6) is 11.5 Å². The highest BCUT2D eigenvalue weighted by molar-refractivity contribution is 7.69. The number of nitrogens with zero attached hydrogens (tertiary/aromatic N) is 1. The molecule has 1 heterocycles. The summed E-state index contributed by atoms with van der Waals surface area (Å²) in [6, 6.07) is 3.49. The van der Waals surface area contributed by atoms with Crippen LogP contribution in [0, 0.1) is 6.92 Å². The molecule has 2 rings (SSSR count). The second-order valence-electron chi connectivity index (χ2n) is 7.08. The zero-order valence-corrected chi connectivity index (χ0v) is 18.7. The molecule has 1 aliphatic heterocycles. The van der Waals surface area contributed by atoms with Crippen LogP contribution in [0.15, 0.2) is 30.1 Å². The topological polar surface area (TPSA) is 83.1 Å². The Morgan fingerprint density at radius 2 is 2.07 bits per heavy atom. The summed E-state index contributed by atoms with van der Waals surface area (Å²) < 4.78 is 24.7. The van der Waals surface area contributed by atoms with Crippen molar-refractivity contribution in [1.82, 2.24) is 15.8 Å². The van der Waals surface area contributed by atoms with Gasteiger partial charge in [0, 0.05) is 25.1 Å². The smallest absolute Gasteiger partial charge is 0.233 e. The maximum absolute atomic E-state index is 13.6. The van der Waals surface area contributed by atoms with Gasteiger partial charge in [-0.15, -0.1) is 0 Å². The van der Waals surface area contributed by atoms with Crippen molar-refractivity contribution in [1.29, 1.82) is 0 Å². The average molecular weight is 409 g/mol. The van der Waals surface area contributed by atoms with Gasteiger partial charge in [-0.25, -0.2) is 5.43 Å². The number of benzene rings is 1. The van der Waals surface area contributed by atoms with E-state index in [2.05, 4.69) is 16.8 Å². The van der Waals surface area contributed by atoms with E-state index < -0.39 is 13.0 Å². The molecular formula is C20H32N3O4P. The number of hydrazine groups is 1. The molecule has 7 nitrogen and oxygen atoms in total. The molecule has 0 spiro atoms. The van der Waals surface area contributed by atoms with Crippen molar-refractivity contribution in [3.05, 3.63) is 41.2 Å². The summed E-state index contributed by atoms with van der Waals surface area (Å²) in [5.41, 5.74) is 5.21. The monoisotopic (exact) mass is 409 g/mol. The summed E-state index contributed by atoms with van der Waals surface area (Å²) in [5.74, 6) is 0.409. The van der Waals surface area contributed by atoms with Crippen molar-refractivity contribution < 1.29 is 18.9 Å². The Hall–Kier alpha value is -1.95. The summed E-state index contributed by atoms with van der Waals surface area (Å²) in [6.45, 7) is 9.81. The molecule has 1 aromatic carbocycles. The minimum Gasteiger partial charge on any atom is -0.504 e. The third-order valence-electron chi connectivity index (χ3n) is 4.84. The van der Waals surface area contributed by atoms with Gasteiger partial charge in [0.1, 0.15) is 5.66 Å². The van der Waals surface area contributed by atoms with Gasteiger partial charge >= 0.3 is 0 Å². The summed E-state index contributed by atoms with van der Waals surface area (Å²) in [5, 5.41) is 16.0. The molecule has 1 aromatic rings. The molecule has 0 radical (unpaired) electrons. The van der Waals surface area contributed by atoms with E-state index in [1.807, 2.05) is 39.8 Å². The number of ether oxygens (including phenoxy) is 1. The van der Waals surface area contributed by atoms with E-state index in [-0.39, 0.29) is 5.75 Å². The quantitative estimate of drug-likeness (QED) is 0.560. The number of aromatic hydroxyl groups is 1. The molecular weight excluding hydrogens is 377 g/mol. The SMILES string of the molecule is CCOP(=O)(CC)C(=CNC1(C)C=C(C)N(C)N1)c1cc(C)c(O)c(OC)c1. The summed E-state index contributed by atoms with van der Waals surface area (Å²) in [4.78, 5) is 0. The highest BCUT2D eigenvalue weighted by Crippen LogP contribution is 2.59. The molecule has 2 atom stereocenters. The van der Waals surface area contributed by atoms with Crippen LogP contribution in [-0.4, -0.2) is 42.7 Å². The standard InChI is InChI=1S/C20H32N3O4P/c1-8-27-28(25,9-2)18(13-21-20(5)12-15(4)23(6)22-20)16-10-14(3)19(24)17(11-16)26-7/h10-13,21-22,24H,8-9H2,1-7H3. The molecule has 0 saturated carbocycles. The Labute approximate surface area is 167 Å². The molecule has 0 aromatic heterocycles. The van der Waals surface area contributed by atoms with Gasteiger partial charge in [0.2, 0.25) is 7.37 Å². The predicted octanol–water partition coefficient (Wildman–Crippen LogP) is 4.00. The number of hydrogen-bond donors (Lipinski definition) is 3. The first-order chi connectivity index (χ1) is 13.1. The number of rotatable bonds is 8. The second-order valence-corrected chi connectivity index (χ2v) is 9.80. The molecule has 28 heavy (non-hydrogen) atoms. The van der Waals surface area contributed by atoms with Crippen LogP contribution < -0.4 is 15.5 Å². The van der Waals surface area contributed by atoms with E-state index in [4.69, 9.17) is 9.26 Å². The zero-order chi connectivity index (χ0) is 21.1. The van der Waals surface area contributed by atoms with Gasteiger partial charge in [-0.05, 0) is 57.0 Å². The first kappa shape index (κ1) is 22.3. The molecule has 8 heteroatoms. The molecule has 3 N–H and O–H groups in total. The Morgan fingerprint density at radius 3 is 2.57 bits per heavy atom. The van der Waals surface area contributed by atoms with E-state index in [1.54, 1.807) is 25.3 Å². The molecule has 0 fully saturated rings. The third-order valence-corrected chi connectivity index (χ3v) is 7.47. The van der Waals surface area contributed by atoms with Crippen LogP contribution in [-0.2, 0) is 9.09 Å². The maximum atomic E-state index is 13.6. The molecule has 156 valence electrons. The number of aryl methyl sites for hydroxylation is 1. The van der Waals surface area contributed by atoms with E-state index >= 15 is 0 Å². The van der Waals surface area contributed by atoms with Crippen molar-refractivity contribution in [2.45, 2.75) is 40.3 Å². The van der Waals surface area contributed by atoms with Crippen LogP contribution in [0.2, 0.25) is 0 Å². The van der Waals surface area contributed by atoms with Crippen LogP contribution >= 0.6 is 7.37 Å². The van der Waals surface area contributed by atoms with Gasteiger partial charge in [0.25, 0.3) is 0 Å². The zero-order valence-electron chi connectivity index (χ0n) is 17.8. The molecule has 0 amide bonds. The lowest BCUT2D eigenvalue weighted by Gasteiger charge is -2.28. The van der Waals surface area contributed by atoms with E-state index in [9.17, 15) is 9.67 Å². The Kier molecular flexibility index (Phi) is 6.86. The fourth-order valence-corrected chi connectivity index (χ4v) is 5.11. The van der Waals surface area contributed by atoms with Gasteiger partial charge in [0.15, 0.2) is 11.5 Å². The molecule has 1 aliphatic rings. The fraction of sp³-hybridized carbons (Fsp3) is 0.500. The number of nitrogens with one attached hydrogen (secondary N) is 2. The van der Waals surface area contributed by atoms with Crippen molar-refractivity contribution in [2.24, 2.45) is 0 Å². The number of allylic oxidation sites excluding steroid dienone is 1. The molecule has 0 saturated heterocycles. The largest absolute Gasteiger partial charge is 0.504 e. The number of methoxy groups -OCH3 is 1. The van der Waals surface area contributed by atoms with Gasteiger partial charge in [-0.1, -0.05) is 6.92 Å². The highest BCUT2D eigenvalue weighted by atomic mass is 31.2. The van der Waals surface area contributed by atoms with E-state index in [0.717, 1.165) is 5.70 Å². The van der Waals surface area contributed by atoms with E-state index in [1.165, 1.54) is 7.11 Å². The van der Waals surface area contributed by atoms with Crippen LogP contribution in [0.3, 0.4) is 0 Å². The van der Waals surface area contributed by atoms with Gasteiger partial charge < -0.3 is 24.7 Å². The number of phenolic OH excluding ortho intramolecular Hbond substituents is 1. The van der Waals surface area contributed by atoms with Gasteiger partial charge in [-0.3, -0.25) is 4.57 Å². The number of hydrogen-bond acceptors (Lipinski definition) is 7. The molecule has 0 bridgehead atoms. The molecule has 0 aliphatic carbocycles. The lowest BCUT2D eigenvalue weighted by atomic mass is 10.1. The normalized spacial score (nSPS) is 22.0. The second kappa shape index (κ2) is 8.60. The predicted molar refractivity (Wildman–Crippen MR) is 113 cm³/mol. The summed E-state index contributed by atoms with van der Waals surface area (Å²) >= 11 is 0. The first-order valence-corrected chi connectivity index (χ1v) is 11.2. The minimum absolute atomic E-state index is 0.0749. The van der Waals surface area contributed by atoms with Crippen molar-refractivity contribution in [3.63, 3.8) is 0 Å². The summed E-state index contributed by atoms with van der Waals surface area (Å²) in [6.07, 6.45) is 4.16. The van der Waals surface area contributed by atoms with Crippen LogP contribution in [0.25, 0.3) is 5.31 Å². The fourth-order valence-electron chi connectivity index (χ4n) is 3.24. The van der Waals surface area contributed by atoms with Gasteiger partial charge in [-0.2, -0.15) is 0 Å². The van der Waals surface area contributed by atoms with Crippen molar-refractivity contribution >= 4 is 12.7 Å². The summed E-state index contributed by atoms with van der Waals surface area (Å²) in [7, 11) is 0.319. The average Bonchev–Trinajstić information content (AvgIpc) is 2.90. The lowest BCUT2D eigenvalue weighted by molar-refractivity contribution is 0.237. The van der Waals surface area contributed by atoms with Crippen LogP contribution in [0.1, 0.15) is 38.8 Å². The minimum atomic E-state index is -3.12. The molecule has 2 unspecified atom stereocenters. The highest BCUT2D eigenvalue weighted by Gasteiger charge is 2.32. The van der Waals surface area contributed by atoms with Gasteiger partial charge in [0.05, 0.1) is 19.0 Å². The first-order valence-electron chi connectivity index (χ1n) is 9.40. The lowest BCUT2D eigenvalue weighted by Crippen LogP contribution is -2.51. The van der Waals surface area contributed by atoms with Crippen LogP contribution in [0.4, 0.5) is 0 Å². The maximum Gasteiger partial charge on any atom is 0.233 e. The van der Waals surface area contributed by atoms with Crippen molar-refractivity contribution in [2.75, 3.05) is 26.9 Å². The number of phenols is 1.